The normalized spacial score (nSPS) is 10.8. The highest BCUT2D eigenvalue weighted by atomic mass is 35.5. The lowest BCUT2D eigenvalue weighted by atomic mass is 9.85. The zero-order valence-electron chi connectivity index (χ0n) is 19.2. The Morgan fingerprint density at radius 3 is 1.72 bits per heavy atom. The molecule has 0 atom stereocenters. The summed E-state index contributed by atoms with van der Waals surface area (Å²) in [6, 6.07) is 31.0. The van der Waals surface area contributed by atoms with Crippen LogP contribution < -0.4 is 16.2 Å². The van der Waals surface area contributed by atoms with E-state index < -0.39 is 11.5 Å². The maximum Gasteiger partial charge on any atom is 0.279 e. The van der Waals surface area contributed by atoms with Crippen LogP contribution in [0.2, 0.25) is 5.02 Å². The number of carbonyl (C=O) groups is 2. The van der Waals surface area contributed by atoms with Crippen molar-refractivity contribution in [3.05, 3.63) is 143 Å². The molecule has 0 heterocycles. The van der Waals surface area contributed by atoms with Crippen molar-refractivity contribution in [3.8, 4) is 0 Å². The summed E-state index contributed by atoms with van der Waals surface area (Å²) < 4.78 is 0. The van der Waals surface area contributed by atoms with E-state index in [9.17, 15) is 14.7 Å². The predicted molar refractivity (Wildman–Crippen MR) is 142 cm³/mol. The van der Waals surface area contributed by atoms with E-state index in [1.54, 1.807) is 97.1 Å². The molecule has 0 aliphatic rings. The monoisotopic (exact) mass is 497 g/mol. The van der Waals surface area contributed by atoms with E-state index in [0.29, 0.717) is 38.7 Å². The van der Waals surface area contributed by atoms with Gasteiger partial charge in [0.2, 0.25) is 0 Å². The second-order valence-electron chi connectivity index (χ2n) is 8.04. The third-order valence-electron chi connectivity index (χ3n) is 5.64. The van der Waals surface area contributed by atoms with Gasteiger partial charge in [-0.05, 0) is 53.1 Å². The number of hydrogen-bond donors (Lipinski definition) is 4. The Morgan fingerprint density at radius 2 is 1.19 bits per heavy atom. The molecule has 36 heavy (non-hydrogen) atoms. The van der Waals surface area contributed by atoms with Gasteiger partial charge >= 0.3 is 0 Å². The molecule has 0 saturated heterocycles. The van der Waals surface area contributed by atoms with Gasteiger partial charge in [0.1, 0.15) is 0 Å². The van der Waals surface area contributed by atoms with Crippen LogP contribution in [-0.4, -0.2) is 16.9 Å². The van der Waals surface area contributed by atoms with E-state index in [0.717, 1.165) is 0 Å². The van der Waals surface area contributed by atoms with Crippen LogP contribution in [0.5, 0.6) is 0 Å². The zero-order valence-corrected chi connectivity index (χ0v) is 20.0. The first-order chi connectivity index (χ1) is 17.4. The smallest absolute Gasteiger partial charge is 0.279 e. The summed E-state index contributed by atoms with van der Waals surface area (Å²) in [5, 5.41) is 14.9. The predicted octanol–water partition coefficient (Wildman–Crippen LogP) is 5.12. The Hall–Kier alpha value is -4.39. The summed E-state index contributed by atoms with van der Waals surface area (Å²) in [7, 11) is 0. The number of hydrazine groups is 1. The van der Waals surface area contributed by atoms with Crippen LogP contribution in [0.4, 0.5) is 5.69 Å². The lowest BCUT2D eigenvalue weighted by Gasteiger charge is -2.28. The number of carbonyl (C=O) groups excluding carboxylic acids is 2. The molecule has 0 spiro atoms. The van der Waals surface area contributed by atoms with Crippen LogP contribution in [0, 0.1) is 0 Å². The molecule has 0 aliphatic carbocycles. The van der Waals surface area contributed by atoms with Crippen molar-refractivity contribution >= 4 is 34.8 Å². The molecule has 4 aromatic carbocycles. The molecule has 0 unspecified atom stereocenters. The first-order valence-electron chi connectivity index (χ1n) is 11.1. The molecule has 4 rings (SSSR count). The minimum absolute atomic E-state index is 0.259. The van der Waals surface area contributed by atoms with Gasteiger partial charge in [-0.1, -0.05) is 91.0 Å². The van der Waals surface area contributed by atoms with Gasteiger partial charge < -0.3 is 10.4 Å². The summed E-state index contributed by atoms with van der Waals surface area (Å²) >= 11 is 5.87. The minimum atomic E-state index is -1.91. The largest absolute Gasteiger partial charge is 0.372 e. The third kappa shape index (κ3) is 5.46. The first-order valence-corrected chi connectivity index (χ1v) is 11.5. The van der Waals surface area contributed by atoms with E-state index in [1.807, 2.05) is 12.1 Å². The number of anilines is 1. The van der Waals surface area contributed by atoms with Crippen molar-refractivity contribution in [2.45, 2.75) is 5.60 Å². The fourth-order valence-corrected chi connectivity index (χ4v) is 3.77. The maximum absolute atomic E-state index is 13.2. The number of nitrogens with one attached hydrogen (secondary N) is 3. The quantitative estimate of drug-likeness (QED) is 0.254. The molecule has 4 N–H and O–H groups in total. The third-order valence-corrected chi connectivity index (χ3v) is 5.89. The van der Waals surface area contributed by atoms with E-state index >= 15 is 0 Å². The molecule has 0 aromatic heterocycles. The Labute approximate surface area is 214 Å². The van der Waals surface area contributed by atoms with Crippen molar-refractivity contribution in [3.63, 3.8) is 0 Å². The van der Waals surface area contributed by atoms with Gasteiger partial charge in [-0.3, -0.25) is 20.4 Å². The molecule has 4 aromatic rings. The van der Waals surface area contributed by atoms with Crippen LogP contribution >= 0.6 is 11.6 Å². The lowest BCUT2D eigenvalue weighted by Crippen LogP contribution is -2.49. The van der Waals surface area contributed by atoms with Gasteiger partial charge in [0.15, 0.2) is 5.60 Å². The minimum Gasteiger partial charge on any atom is -0.372 e. The Balaban J connectivity index is 1.42. The van der Waals surface area contributed by atoms with Crippen molar-refractivity contribution in [2.24, 2.45) is 0 Å². The number of amides is 2. The van der Waals surface area contributed by atoms with Gasteiger partial charge in [0.05, 0.1) is 5.70 Å². The van der Waals surface area contributed by atoms with Crippen LogP contribution in [0.1, 0.15) is 27.0 Å². The van der Waals surface area contributed by atoms with E-state index in [4.69, 9.17) is 11.6 Å². The van der Waals surface area contributed by atoms with Crippen molar-refractivity contribution in [1.29, 1.82) is 0 Å². The second-order valence-corrected chi connectivity index (χ2v) is 8.47. The molecule has 180 valence electrons. The number of hydrogen-bond acceptors (Lipinski definition) is 4. The van der Waals surface area contributed by atoms with Gasteiger partial charge in [-0.15, -0.1) is 0 Å². The number of halogens is 1. The topological polar surface area (TPSA) is 90.5 Å². The highest BCUT2D eigenvalue weighted by Gasteiger charge is 2.40. The lowest BCUT2D eigenvalue weighted by molar-refractivity contribution is -0.137. The molecule has 0 bridgehead atoms. The summed E-state index contributed by atoms with van der Waals surface area (Å²) in [6.07, 6.45) is 0. The number of rotatable bonds is 8. The van der Waals surface area contributed by atoms with E-state index in [1.165, 1.54) is 0 Å². The van der Waals surface area contributed by atoms with Gasteiger partial charge in [-0.2, -0.15) is 0 Å². The summed E-state index contributed by atoms with van der Waals surface area (Å²) in [4.78, 5) is 25.6. The molecule has 6 nitrogen and oxygen atoms in total. The highest BCUT2D eigenvalue weighted by Crippen LogP contribution is 2.29. The van der Waals surface area contributed by atoms with Crippen LogP contribution in [-0.2, 0) is 10.4 Å². The SMILES string of the molecule is C=C(NNC(=O)C(O)(c1ccccc1)c1ccccc1)c1ccc(NC(=O)c2ccc(Cl)cc2)cc1. The molecule has 2 amide bonds. The summed E-state index contributed by atoms with van der Waals surface area (Å²) in [6.45, 7) is 3.96. The van der Waals surface area contributed by atoms with E-state index in [2.05, 4.69) is 22.7 Å². The first kappa shape index (κ1) is 24.7. The van der Waals surface area contributed by atoms with Crippen LogP contribution in [0.15, 0.2) is 116 Å². The number of aliphatic hydroxyl groups is 1. The average molecular weight is 498 g/mol. The molecular weight excluding hydrogens is 474 g/mol. The van der Waals surface area contributed by atoms with Crippen molar-refractivity contribution < 1.29 is 14.7 Å². The van der Waals surface area contributed by atoms with Crippen molar-refractivity contribution in [2.75, 3.05) is 5.32 Å². The Kier molecular flexibility index (Phi) is 7.49. The molecular formula is C29H24ClN3O3. The molecule has 0 aliphatic heterocycles. The molecule has 0 fully saturated rings. The fourth-order valence-electron chi connectivity index (χ4n) is 3.64. The van der Waals surface area contributed by atoms with Gasteiger partial charge in [0.25, 0.3) is 11.8 Å². The average Bonchev–Trinajstić information content (AvgIpc) is 2.92. The van der Waals surface area contributed by atoms with Gasteiger partial charge in [0, 0.05) is 16.3 Å². The zero-order chi connectivity index (χ0) is 25.5. The second kappa shape index (κ2) is 10.9. The van der Waals surface area contributed by atoms with Gasteiger partial charge in [-0.25, -0.2) is 0 Å². The maximum atomic E-state index is 13.2. The summed E-state index contributed by atoms with van der Waals surface area (Å²) in [5.74, 6) is -0.919. The van der Waals surface area contributed by atoms with E-state index in [-0.39, 0.29) is 5.91 Å². The summed E-state index contributed by atoms with van der Waals surface area (Å²) in [5.41, 5.74) is 6.48. The number of benzene rings is 4. The molecule has 7 heteroatoms. The Bertz CT molecular complexity index is 1320. The molecule has 0 saturated carbocycles. The van der Waals surface area contributed by atoms with Crippen LogP contribution in [0.25, 0.3) is 5.70 Å². The van der Waals surface area contributed by atoms with Crippen LogP contribution in [0.3, 0.4) is 0 Å². The standard InChI is InChI=1S/C29H24ClN3O3/c1-20(21-14-18-26(19-15-21)31-27(34)22-12-16-25(30)17-13-22)32-33-28(35)29(36,23-8-4-2-5-9-23)24-10-6-3-7-11-24/h2-19,32,36H,1H2,(H,31,34)(H,33,35). The fraction of sp³-hybridized carbons (Fsp3) is 0.0345. The van der Waals surface area contributed by atoms with Crippen molar-refractivity contribution in [1.82, 2.24) is 10.9 Å². The Morgan fingerprint density at radius 1 is 0.694 bits per heavy atom. The highest BCUT2D eigenvalue weighted by molar-refractivity contribution is 6.30. The molecule has 0 radical (unpaired) electrons.